The summed E-state index contributed by atoms with van der Waals surface area (Å²) < 4.78 is 34.1. The van der Waals surface area contributed by atoms with Gasteiger partial charge in [0.1, 0.15) is 23.7 Å². The van der Waals surface area contributed by atoms with Crippen LogP contribution in [0, 0.1) is 0 Å². The largest absolute Gasteiger partial charge is 0.407 e. The number of nitrogens with zero attached hydrogens (tertiary/aromatic N) is 2. The third kappa shape index (κ3) is 4.15. The van der Waals surface area contributed by atoms with Crippen LogP contribution in [0.15, 0.2) is 0 Å². The number of hydrogen-bond acceptors (Lipinski definition) is 5. The molecule has 3 N–H and O–H groups in total. The Kier molecular flexibility index (Phi) is 6.38. The second-order valence-corrected chi connectivity index (χ2v) is 5.73. The Labute approximate surface area is 119 Å². The third-order valence-electron chi connectivity index (χ3n) is 2.82. The first-order valence-electron chi connectivity index (χ1n) is 5.93. The maximum Gasteiger partial charge on any atom is 0.407 e. The van der Waals surface area contributed by atoms with Crippen LogP contribution in [0.1, 0.15) is 6.42 Å². The fourth-order valence-corrected chi connectivity index (χ4v) is 2.77. The lowest BCUT2D eigenvalue weighted by Gasteiger charge is -2.38. The summed E-state index contributed by atoms with van der Waals surface area (Å²) in [5.74, 6) is 0. The van der Waals surface area contributed by atoms with E-state index in [1.807, 2.05) is 0 Å². The van der Waals surface area contributed by atoms with Gasteiger partial charge in [-0.15, -0.1) is 0 Å². The van der Waals surface area contributed by atoms with Gasteiger partial charge in [-0.25, -0.2) is 18.3 Å². The molecule has 20 heavy (non-hydrogen) atoms. The van der Waals surface area contributed by atoms with Gasteiger partial charge in [-0.05, 0) is 0 Å². The molecular weight excluding hydrogens is 294 g/mol. The van der Waals surface area contributed by atoms with Crippen LogP contribution in [0.4, 0.5) is 8.78 Å². The molecule has 0 aromatic heterocycles. The Hall–Kier alpha value is -0.700. The summed E-state index contributed by atoms with van der Waals surface area (Å²) in [7, 11) is 3.44. The van der Waals surface area contributed by atoms with Crippen LogP contribution in [0.25, 0.3) is 0 Å². The Balaban J connectivity index is 2.79. The number of thioether (sulfide) groups is 1. The van der Waals surface area contributed by atoms with E-state index < -0.39 is 36.3 Å². The molecule has 9 heteroatoms. The molecule has 5 atom stereocenters. The number of amidine groups is 1. The van der Waals surface area contributed by atoms with Gasteiger partial charge < -0.3 is 20.1 Å². The maximum absolute atomic E-state index is 12.5. The van der Waals surface area contributed by atoms with Crippen LogP contribution >= 0.6 is 11.8 Å². The van der Waals surface area contributed by atoms with Crippen molar-refractivity contribution < 1.29 is 28.8 Å². The molecule has 1 aliphatic heterocycles. The van der Waals surface area contributed by atoms with Gasteiger partial charge >= 0.3 is 5.17 Å². The second-order valence-electron chi connectivity index (χ2n) is 4.60. The maximum atomic E-state index is 12.5. The van der Waals surface area contributed by atoms with Crippen molar-refractivity contribution in [1.29, 1.82) is 0 Å². The van der Waals surface area contributed by atoms with Crippen LogP contribution < -0.4 is 4.67 Å². The number of aliphatic hydroxyl groups excluding tert-OH is 3. The molecule has 5 unspecified atom stereocenters. The van der Waals surface area contributed by atoms with Gasteiger partial charge in [0.05, 0.1) is 20.2 Å². The predicted octanol–water partition coefficient (Wildman–Crippen LogP) is -1.13. The molecule has 6 nitrogen and oxygen atoms in total. The predicted molar refractivity (Wildman–Crippen MR) is 72.8 cm³/mol. The number of rotatable bonds is 3. The molecule has 0 saturated carbocycles. The van der Waals surface area contributed by atoms with E-state index >= 15 is 0 Å². The monoisotopic (exact) mass is 313 g/mol. The van der Waals surface area contributed by atoms with Crippen molar-refractivity contribution in [3.63, 3.8) is 0 Å². The van der Waals surface area contributed by atoms with Gasteiger partial charge in [0, 0.05) is 18.2 Å². The Morgan fingerprint density at radius 3 is 2.50 bits per heavy atom. The lowest BCUT2D eigenvalue weighted by Crippen LogP contribution is -2.54. The van der Waals surface area contributed by atoms with Crippen molar-refractivity contribution >= 4 is 23.6 Å². The van der Waals surface area contributed by atoms with Gasteiger partial charge in [0.15, 0.2) is 6.72 Å². The van der Waals surface area contributed by atoms with Crippen LogP contribution in [0.3, 0.4) is 0 Å². The highest BCUT2D eigenvalue weighted by molar-refractivity contribution is 8.14. The van der Waals surface area contributed by atoms with Crippen molar-refractivity contribution in [2.75, 3.05) is 14.1 Å². The number of alkyl halides is 2. The molecule has 0 amide bonds. The fourth-order valence-electron chi connectivity index (χ4n) is 1.77. The molecule has 0 aromatic carbocycles. The number of ether oxygens (including phenoxy) is 1. The first-order chi connectivity index (χ1) is 9.27. The van der Waals surface area contributed by atoms with Crippen LogP contribution in [-0.4, -0.2) is 82.5 Å². The van der Waals surface area contributed by atoms with Gasteiger partial charge in [-0.2, -0.15) is 0 Å². The molecule has 0 radical (unpaired) electrons. The molecule has 1 heterocycles. The highest BCUT2D eigenvalue weighted by atomic mass is 32.2. The smallest absolute Gasteiger partial charge is 0.390 e. The minimum absolute atomic E-state index is 0.0329. The highest BCUT2D eigenvalue weighted by Gasteiger charge is 2.44. The van der Waals surface area contributed by atoms with Crippen LogP contribution in [0.5, 0.6) is 0 Å². The summed E-state index contributed by atoms with van der Waals surface area (Å²) >= 11 is 1.08. The zero-order valence-corrected chi connectivity index (χ0v) is 12.0. The van der Waals surface area contributed by atoms with E-state index in [2.05, 4.69) is 11.4 Å². The van der Waals surface area contributed by atoms with Crippen molar-refractivity contribution in [3.8, 4) is 0 Å². The Morgan fingerprint density at radius 1 is 1.45 bits per heavy atom. The van der Waals surface area contributed by atoms with Gasteiger partial charge in [-0.3, -0.25) is 0 Å². The summed E-state index contributed by atoms with van der Waals surface area (Å²) in [6, 6.07) is 0. The van der Waals surface area contributed by atoms with Crippen LogP contribution in [0.2, 0.25) is 0 Å². The summed E-state index contributed by atoms with van der Waals surface area (Å²) in [6.07, 6.45) is -9.57. The lowest BCUT2D eigenvalue weighted by atomic mass is 9.98. The Bertz CT molecular complexity index is 375. The minimum atomic E-state index is -3.07. The van der Waals surface area contributed by atoms with E-state index in [0.29, 0.717) is 5.17 Å². The zero-order valence-electron chi connectivity index (χ0n) is 11.2. The summed E-state index contributed by atoms with van der Waals surface area (Å²) in [5.41, 5.74) is -0.713. The number of halogens is 2. The standard InChI is InChI=1S/C11H19F2N2O4S/c1-14-11(15(2)3)20-6-4-5(16)7(17)9(19-6)8(18)10(12)13/h5-10,16-18H,1,4H2,2-3H3/q+1. The van der Waals surface area contributed by atoms with E-state index in [1.165, 1.54) is 0 Å². The van der Waals surface area contributed by atoms with Crippen LogP contribution in [-0.2, 0) is 4.74 Å². The van der Waals surface area contributed by atoms with Crippen molar-refractivity contribution in [3.05, 3.63) is 0 Å². The average Bonchev–Trinajstić information content (AvgIpc) is 2.38. The third-order valence-corrected chi connectivity index (χ3v) is 4.09. The molecule has 1 saturated heterocycles. The average molecular weight is 313 g/mol. The van der Waals surface area contributed by atoms with E-state index in [0.717, 1.165) is 11.8 Å². The van der Waals surface area contributed by atoms with E-state index in [4.69, 9.17) is 4.74 Å². The summed E-state index contributed by atoms with van der Waals surface area (Å²) in [6.45, 7) is 3.38. The SMILES string of the molecule is C=[N+]=C(SC1CC(O)C(O)C(C(O)C(F)F)O1)N(C)C. The molecule has 116 valence electrons. The second kappa shape index (κ2) is 7.35. The topological polar surface area (TPSA) is 87.3 Å². The van der Waals surface area contributed by atoms with Gasteiger partial charge in [-0.1, -0.05) is 0 Å². The molecule has 0 aromatic rings. The summed E-state index contributed by atoms with van der Waals surface area (Å²) in [5, 5.41) is 29.2. The fraction of sp³-hybridized carbons (Fsp3) is 0.818. The highest BCUT2D eigenvalue weighted by Crippen LogP contribution is 2.31. The van der Waals surface area contributed by atoms with Crippen molar-refractivity contribution in [1.82, 2.24) is 9.57 Å². The van der Waals surface area contributed by atoms with E-state index in [9.17, 15) is 24.1 Å². The van der Waals surface area contributed by atoms with E-state index in [-0.39, 0.29) is 6.42 Å². The normalized spacial score (nSPS) is 31.8. The molecule has 0 aliphatic carbocycles. The molecule has 1 fully saturated rings. The molecule has 1 aliphatic rings. The Morgan fingerprint density at radius 2 is 2.05 bits per heavy atom. The lowest BCUT2D eigenvalue weighted by molar-refractivity contribution is -0.200. The molecule has 0 spiro atoms. The number of hydrogen-bond donors (Lipinski definition) is 3. The molecular formula is C11H19F2N2O4S+. The molecule has 1 rings (SSSR count). The van der Waals surface area contributed by atoms with Gasteiger partial charge in [0.25, 0.3) is 6.43 Å². The first-order valence-corrected chi connectivity index (χ1v) is 6.81. The van der Waals surface area contributed by atoms with Crippen molar-refractivity contribution in [2.45, 2.75) is 42.7 Å². The number of aliphatic hydroxyl groups is 3. The van der Waals surface area contributed by atoms with E-state index in [1.54, 1.807) is 19.0 Å². The zero-order chi connectivity index (χ0) is 15.4. The summed E-state index contributed by atoms with van der Waals surface area (Å²) in [4.78, 5) is 1.65. The first kappa shape index (κ1) is 17.4. The molecule has 0 bridgehead atoms. The minimum Gasteiger partial charge on any atom is -0.390 e. The van der Waals surface area contributed by atoms with Gasteiger partial charge in [0.2, 0.25) is 0 Å². The quantitative estimate of drug-likeness (QED) is 0.347. The van der Waals surface area contributed by atoms with Crippen molar-refractivity contribution in [2.24, 2.45) is 0 Å².